The molecule has 0 spiro atoms. The summed E-state index contributed by atoms with van der Waals surface area (Å²) in [6.07, 6.45) is 0. The van der Waals surface area contributed by atoms with Crippen molar-refractivity contribution in [2.45, 2.75) is 5.13 Å². The molecule has 5 heteroatoms. The van der Waals surface area contributed by atoms with E-state index in [-0.39, 0.29) is 5.56 Å². The van der Waals surface area contributed by atoms with Crippen LogP contribution < -0.4 is 4.74 Å². The lowest BCUT2D eigenvalue weighted by molar-refractivity contribution is 0.0682. The van der Waals surface area contributed by atoms with Crippen LogP contribution in [0.3, 0.4) is 0 Å². The van der Waals surface area contributed by atoms with E-state index in [4.69, 9.17) is 27.9 Å². The Morgan fingerprint density at radius 1 is 1.50 bits per heavy atom. The zero-order chi connectivity index (χ0) is 10.3. The maximum absolute atomic E-state index is 13.3. The number of carbonyl (C=O) groups excluding carboxylic acids is 1. The molecular formula is C9H5Cl2FO2. The summed E-state index contributed by atoms with van der Waals surface area (Å²) in [5.74, 6) is -0.490. The van der Waals surface area contributed by atoms with Gasteiger partial charge in [0.15, 0.2) is 0 Å². The van der Waals surface area contributed by atoms with Gasteiger partial charge in [-0.3, -0.25) is 4.79 Å². The van der Waals surface area contributed by atoms with E-state index in [1.807, 2.05) is 0 Å². The van der Waals surface area contributed by atoms with Crippen LogP contribution in [0.15, 0.2) is 18.2 Å². The molecule has 1 aromatic carbocycles. The minimum Gasteiger partial charge on any atom is -0.488 e. The Labute approximate surface area is 89.6 Å². The van der Waals surface area contributed by atoms with Gasteiger partial charge in [-0.15, -0.1) is 0 Å². The van der Waals surface area contributed by atoms with Crippen LogP contribution in [0.25, 0.3) is 0 Å². The molecule has 2 nitrogen and oxygen atoms in total. The molecule has 0 aromatic heterocycles. The molecule has 0 amide bonds. The maximum Gasteiger partial charge on any atom is 0.279 e. The molecule has 1 aliphatic rings. The molecule has 74 valence electrons. The van der Waals surface area contributed by atoms with Crippen LogP contribution in [0, 0.1) is 0 Å². The van der Waals surface area contributed by atoms with Gasteiger partial charge in [-0.25, -0.2) is 4.39 Å². The van der Waals surface area contributed by atoms with E-state index in [9.17, 15) is 9.18 Å². The second-order valence-electron chi connectivity index (χ2n) is 2.96. The van der Waals surface area contributed by atoms with Crippen LogP contribution in [0.1, 0.15) is 10.4 Å². The number of alkyl halides is 2. The maximum atomic E-state index is 13.3. The number of halogens is 3. The van der Waals surface area contributed by atoms with Gasteiger partial charge in [-0.1, -0.05) is 23.2 Å². The first kappa shape index (κ1) is 9.74. The molecule has 14 heavy (non-hydrogen) atoms. The first-order chi connectivity index (χ1) is 6.50. The van der Waals surface area contributed by atoms with E-state index in [0.717, 1.165) is 0 Å². The molecule has 0 bridgehead atoms. The van der Waals surface area contributed by atoms with Crippen molar-refractivity contribution in [3.05, 3.63) is 28.8 Å². The summed E-state index contributed by atoms with van der Waals surface area (Å²) in [6, 6.07) is 4.42. The van der Waals surface area contributed by atoms with E-state index < -0.39 is 17.5 Å². The third-order valence-electron chi connectivity index (χ3n) is 1.93. The van der Waals surface area contributed by atoms with Crippen LogP contribution in [0.4, 0.5) is 4.39 Å². The Balaban J connectivity index is 2.54. The summed E-state index contributed by atoms with van der Waals surface area (Å²) in [4.78, 5) is 11.4. The fourth-order valence-electron chi connectivity index (χ4n) is 1.24. The Morgan fingerprint density at radius 2 is 2.21 bits per heavy atom. The molecule has 0 radical (unpaired) electrons. The average molecular weight is 235 g/mol. The quantitative estimate of drug-likeness (QED) is 0.646. The van der Waals surface area contributed by atoms with Gasteiger partial charge < -0.3 is 4.74 Å². The lowest BCUT2D eigenvalue weighted by Gasteiger charge is -2.24. The van der Waals surface area contributed by atoms with Crippen molar-refractivity contribution in [1.29, 1.82) is 0 Å². The van der Waals surface area contributed by atoms with Crippen molar-refractivity contribution < 1.29 is 13.9 Å². The number of fused-ring (bicyclic) bond motifs is 1. The number of benzene rings is 1. The van der Waals surface area contributed by atoms with Gasteiger partial charge in [0.1, 0.15) is 12.4 Å². The summed E-state index contributed by atoms with van der Waals surface area (Å²) < 4.78 is 18.3. The first-order valence-corrected chi connectivity index (χ1v) is 4.61. The molecule has 0 fully saturated rings. The molecule has 0 aliphatic carbocycles. The van der Waals surface area contributed by atoms with Crippen LogP contribution in [0.5, 0.6) is 5.75 Å². The molecular weight excluding hydrogens is 230 g/mol. The fraction of sp³-hybridized carbons (Fsp3) is 0.222. The summed E-state index contributed by atoms with van der Waals surface area (Å²) in [7, 11) is 0. The standard InChI is InChI=1S/C9H5Cl2FO2/c10-5-1-2-7-6(3-5)8(13)9(11,12)4-14-7/h1-3H,4H2. The Kier molecular flexibility index (Phi) is 2.16. The highest BCUT2D eigenvalue weighted by Gasteiger charge is 2.43. The zero-order valence-corrected chi connectivity index (χ0v) is 8.40. The Bertz CT molecular complexity index is 404. The van der Waals surface area contributed by atoms with Crippen molar-refractivity contribution in [2.24, 2.45) is 0 Å². The van der Waals surface area contributed by atoms with Gasteiger partial charge in [0.05, 0.1) is 5.56 Å². The minimum atomic E-state index is -2.47. The van der Waals surface area contributed by atoms with Gasteiger partial charge in [-0.2, -0.15) is 0 Å². The highest BCUT2D eigenvalue weighted by Crippen LogP contribution is 2.35. The van der Waals surface area contributed by atoms with Gasteiger partial charge in [-0.05, 0) is 18.2 Å². The lowest BCUT2D eigenvalue weighted by Crippen LogP contribution is -2.38. The molecule has 1 heterocycles. The number of hydrogen-bond acceptors (Lipinski definition) is 2. The van der Waals surface area contributed by atoms with Gasteiger partial charge in [0.2, 0.25) is 5.78 Å². The van der Waals surface area contributed by atoms with Crippen molar-refractivity contribution in [3.63, 3.8) is 0 Å². The average Bonchev–Trinajstić information content (AvgIpc) is 2.13. The van der Waals surface area contributed by atoms with E-state index in [1.165, 1.54) is 12.1 Å². The first-order valence-electron chi connectivity index (χ1n) is 3.86. The van der Waals surface area contributed by atoms with Crippen LogP contribution in [0.2, 0.25) is 5.02 Å². The predicted molar refractivity (Wildman–Crippen MR) is 51.0 cm³/mol. The van der Waals surface area contributed by atoms with Crippen molar-refractivity contribution >= 4 is 29.0 Å². The second-order valence-corrected chi connectivity index (χ2v) is 4.00. The SMILES string of the molecule is O=C1c2cc(Cl)ccc2OCC1(F)Cl. The highest BCUT2D eigenvalue weighted by molar-refractivity contribution is 6.38. The Morgan fingerprint density at radius 3 is 2.93 bits per heavy atom. The lowest BCUT2D eigenvalue weighted by atomic mass is 10.0. The topological polar surface area (TPSA) is 26.3 Å². The van der Waals surface area contributed by atoms with Crippen molar-refractivity contribution in [3.8, 4) is 5.75 Å². The number of Topliss-reactive ketones (excluding diaryl/α,β-unsaturated/α-hetero) is 1. The van der Waals surface area contributed by atoms with Crippen LogP contribution >= 0.6 is 23.2 Å². The largest absolute Gasteiger partial charge is 0.488 e. The smallest absolute Gasteiger partial charge is 0.279 e. The van der Waals surface area contributed by atoms with Gasteiger partial charge >= 0.3 is 0 Å². The number of ketones is 1. The second kappa shape index (κ2) is 3.11. The number of rotatable bonds is 0. The molecule has 0 saturated carbocycles. The predicted octanol–water partition coefficient (Wildman–Crippen LogP) is 2.82. The highest BCUT2D eigenvalue weighted by atomic mass is 35.5. The molecule has 1 atom stereocenters. The molecule has 0 N–H and O–H groups in total. The third kappa shape index (κ3) is 1.47. The van der Waals surface area contributed by atoms with Crippen molar-refractivity contribution in [1.82, 2.24) is 0 Å². The van der Waals surface area contributed by atoms with E-state index in [2.05, 4.69) is 0 Å². The van der Waals surface area contributed by atoms with E-state index in [1.54, 1.807) is 6.07 Å². The van der Waals surface area contributed by atoms with Crippen molar-refractivity contribution in [2.75, 3.05) is 6.61 Å². The fourth-order valence-corrected chi connectivity index (χ4v) is 1.56. The zero-order valence-electron chi connectivity index (χ0n) is 6.89. The molecule has 2 rings (SSSR count). The summed E-state index contributed by atoms with van der Waals surface area (Å²) in [5, 5.41) is -2.13. The van der Waals surface area contributed by atoms with Gasteiger partial charge in [0, 0.05) is 5.02 Å². The molecule has 1 aromatic rings. The van der Waals surface area contributed by atoms with E-state index in [0.29, 0.717) is 10.8 Å². The van der Waals surface area contributed by atoms with E-state index >= 15 is 0 Å². The molecule has 1 aliphatic heterocycles. The normalized spacial score (nSPS) is 25.5. The molecule has 0 saturated heterocycles. The number of ether oxygens (including phenoxy) is 1. The number of carbonyl (C=O) groups is 1. The number of hydrogen-bond donors (Lipinski definition) is 0. The van der Waals surface area contributed by atoms with Crippen LogP contribution in [-0.2, 0) is 0 Å². The summed E-state index contributed by atoms with van der Waals surface area (Å²) >= 11 is 11.0. The third-order valence-corrected chi connectivity index (χ3v) is 2.44. The van der Waals surface area contributed by atoms with Crippen LogP contribution in [-0.4, -0.2) is 17.5 Å². The molecule has 1 unspecified atom stereocenters. The summed E-state index contributed by atoms with van der Waals surface area (Å²) in [6.45, 7) is -0.470. The minimum absolute atomic E-state index is 0.0845. The Hall–Kier alpha value is -0.800. The van der Waals surface area contributed by atoms with Gasteiger partial charge in [0.25, 0.3) is 5.13 Å². The monoisotopic (exact) mass is 234 g/mol. The summed E-state index contributed by atoms with van der Waals surface area (Å²) in [5.41, 5.74) is 0.0845.